The molecule has 2 unspecified atom stereocenters. The van der Waals surface area contributed by atoms with E-state index in [-0.39, 0.29) is 0 Å². The number of likely N-dealkylation sites (tertiary alicyclic amines) is 2. The SMILES string of the molecule is CC(CCN1CCCCC1)SC(C)CCN1CCCCC1. The highest BCUT2D eigenvalue weighted by Gasteiger charge is 2.15. The molecule has 0 aliphatic carbocycles. The summed E-state index contributed by atoms with van der Waals surface area (Å²) in [6.07, 6.45) is 11.4. The lowest BCUT2D eigenvalue weighted by atomic mass is 10.1. The second kappa shape index (κ2) is 10.1. The maximum atomic E-state index is 2.68. The van der Waals surface area contributed by atoms with Gasteiger partial charge in [0, 0.05) is 10.5 Å². The summed E-state index contributed by atoms with van der Waals surface area (Å²) in [6, 6.07) is 0. The van der Waals surface area contributed by atoms with Crippen molar-refractivity contribution in [2.45, 2.75) is 75.7 Å². The molecule has 124 valence electrons. The molecule has 2 atom stereocenters. The molecule has 0 amide bonds. The highest BCUT2D eigenvalue weighted by Crippen LogP contribution is 2.24. The topological polar surface area (TPSA) is 6.48 Å². The molecule has 0 aromatic carbocycles. The van der Waals surface area contributed by atoms with Gasteiger partial charge in [-0.1, -0.05) is 26.7 Å². The third kappa shape index (κ3) is 7.38. The molecule has 2 aliphatic rings. The largest absolute Gasteiger partial charge is 0.303 e. The van der Waals surface area contributed by atoms with Crippen LogP contribution in [0.1, 0.15) is 65.2 Å². The first-order valence-corrected chi connectivity index (χ1v) is 10.3. The molecular formula is C18H36N2S. The van der Waals surface area contributed by atoms with E-state index in [1.54, 1.807) is 0 Å². The van der Waals surface area contributed by atoms with Crippen LogP contribution in [-0.2, 0) is 0 Å². The second-order valence-electron chi connectivity index (χ2n) is 7.14. The lowest BCUT2D eigenvalue weighted by Crippen LogP contribution is -2.32. The molecule has 0 radical (unpaired) electrons. The van der Waals surface area contributed by atoms with E-state index >= 15 is 0 Å². The Hall–Kier alpha value is 0.270. The minimum absolute atomic E-state index is 0.822. The van der Waals surface area contributed by atoms with E-state index in [1.807, 2.05) is 0 Å². The monoisotopic (exact) mass is 312 g/mol. The summed E-state index contributed by atoms with van der Waals surface area (Å²) in [4.78, 5) is 5.36. The van der Waals surface area contributed by atoms with Crippen LogP contribution < -0.4 is 0 Å². The fourth-order valence-electron chi connectivity index (χ4n) is 3.63. The van der Waals surface area contributed by atoms with Crippen molar-refractivity contribution >= 4 is 11.8 Å². The zero-order valence-electron chi connectivity index (χ0n) is 14.4. The van der Waals surface area contributed by atoms with E-state index in [1.165, 1.54) is 90.6 Å². The van der Waals surface area contributed by atoms with Gasteiger partial charge in [-0.15, -0.1) is 0 Å². The minimum atomic E-state index is 0.822. The molecule has 0 bridgehead atoms. The Labute approximate surface area is 137 Å². The predicted molar refractivity (Wildman–Crippen MR) is 96.3 cm³/mol. The van der Waals surface area contributed by atoms with Crippen molar-refractivity contribution in [1.29, 1.82) is 0 Å². The van der Waals surface area contributed by atoms with Crippen LogP contribution in [-0.4, -0.2) is 59.6 Å². The molecule has 2 nitrogen and oxygen atoms in total. The third-order valence-corrected chi connectivity index (χ3v) is 6.47. The Bertz CT molecular complexity index is 234. The highest BCUT2D eigenvalue weighted by atomic mass is 32.2. The molecule has 2 heterocycles. The van der Waals surface area contributed by atoms with Gasteiger partial charge >= 0.3 is 0 Å². The van der Waals surface area contributed by atoms with Crippen LogP contribution in [0.5, 0.6) is 0 Å². The zero-order valence-corrected chi connectivity index (χ0v) is 15.2. The normalized spacial score (nSPS) is 24.9. The highest BCUT2D eigenvalue weighted by molar-refractivity contribution is 8.00. The molecule has 2 aliphatic heterocycles. The lowest BCUT2D eigenvalue weighted by Gasteiger charge is -2.29. The number of thioether (sulfide) groups is 1. The van der Waals surface area contributed by atoms with Gasteiger partial charge in [-0.05, 0) is 77.8 Å². The van der Waals surface area contributed by atoms with Crippen molar-refractivity contribution in [3.05, 3.63) is 0 Å². The summed E-state index contributed by atoms with van der Waals surface area (Å²) in [5.74, 6) is 0. The second-order valence-corrected chi connectivity index (χ2v) is 9.02. The van der Waals surface area contributed by atoms with Crippen molar-refractivity contribution in [3.8, 4) is 0 Å². The summed E-state index contributed by atoms with van der Waals surface area (Å²) in [7, 11) is 0. The minimum Gasteiger partial charge on any atom is -0.303 e. The average Bonchev–Trinajstić information content (AvgIpc) is 2.53. The van der Waals surface area contributed by atoms with Gasteiger partial charge < -0.3 is 9.80 Å². The van der Waals surface area contributed by atoms with Gasteiger partial charge in [-0.3, -0.25) is 0 Å². The average molecular weight is 313 g/mol. The molecule has 0 saturated carbocycles. The van der Waals surface area contributed by atoms with Crippen LogP contribution >= 0.6 is 11.8 Å². The molecule has 0 aromatic rings. The fourth-order valence-corrected chi connectivity index (χ4v) is 4.90. The lowest BCUT2D eigenvalue weighted by molar-refractivity contribution is 0.225. The Morgan fingerprint density at radius 2 is 1.05 bits per heavy atom. The van der Waals surface area contributed by atoms with Gasteiger partial charge in [0.1, 0.15) is 0 Å². The van der Waals surface area contributed by atoms with Crippen molar-refractivity contribution in [1.82, 2.24) is 9.80 Å². The van der Waals surface area contributed by atoms with Crippen molar-refractivity contribution in [2.24, 2.45) is 0 Å². The molecule has 2 rings (SSSR count). The van der Waals surface area contributed by atoms with E-state index in [9.17, 15) is 0 Å². The Morgan fingerprint density at radius 1 is 0.667 bits per heavy atom. The number of hydrogen-bond donors (Lipinski definition) is 0. The smallest absolute Gasteiger partial charge is 0.00335 e. The predicted octanol–water partition coefficient (Wildman–Crippen LogP) is 4.25. The van der Waals surface area contributed by atoms with E-state index in [0.29, 0.717) is 0 Å². The standard InChI is InChI=1S/C18H36N2S/c1-17(9-15-19-11-5-3-6-12-19)21-18(2)10-16-20-13-7-4-8-14-20/h17-18H,3-16H2,1-2H3. The Balaban J connectivity index is 1.52. The van der Waals surface area contributed by atoms with E-state index < -0.39 is 0 Å². The number of rotatable bonds is 8. The molecule has 3 heteroatoms. The van der Waals surface area contributed by atoms with Gasteiger partial charge in [0.15, 0.2) is 0 Å². The first kappa shape index (κ1) is 17.6. The zero-order chi connectivity index (χ0) is 14.9. The van der Waals surface area contributed by atoms with Crippen LogP contribution in [0.15, 0.2) is 0 Å². The molecule has 2 saturated heterocycles. The van der Waals surface area contributed by atoms with Crippen LogP contribution in [0.2, 0.25) is 0 Å². The van der Waals surface area contributed by atoms with Crippen molar-refractivity contribution < 1.29 is 0 Å². The number of piperidine rings is 2. The summed E-state index contributed by atoms with van der Waals surface area (Å²) in [5, 5.41) is 1.64. The maximum Gasteiger partial charge on any atom is 0.00335 e. The fraction of sp³-hybridized carbons (Fsp3) is 1.00. The van der Waals surface area contributed by atoms with Gasteiger partial charge in [0.05, 0.1) is 0 Å². The first-order valence-electron chi connectivity index (χ1n) is 9.34. The van der Waals surface area contributed by atoms with Crippen molar-refractivity contribution in [2.75, 3.05) is 39.3 Å². The van der Waals surface area contributed by atoms with E-state index in [4.69, 9.17) is 0 Å². The molecule has 21 heavy (non-hydrogen) atoms. The van der Waals surface area contributed by atoms with E-state index in [0.717, 1.165) is 10.5 Å². The summed E-state index contributed by atoms with van der Waals surface area (Å²) in [6.45, 7) is 12.9. The number of nitrogens with zero attached hydrogens (tertiary/aromatic N) is 2. The Kier molecular flexibility index (Phi) is 8.49. The molecular weight excluding hydrogens is 276 g/mol. The summed E-state index contributed by atoms with van der Waals surface area (Å²) in [5.41, 5.74) is 0. The van der Waals surface area contributed by atoms with Gasteiger partial charge in [-0.2, -0.15) is 11.8 Å². The molecule has 2 fully saturated rings. The quantitative estimate of drug-likeness (QED) is 0.661. The summed E-state index contributed by atoms with van der Waals surface area (Å²) >= 11 is 2.22. The third-order valence-electron chi connectivity index (χ3n) is 5.07. The maximum absolute atomic E-state index is 2.68. The van der Waals surface area contributed by atoms with Crippen LogP contribution in [0.25, 0.3) is 0 Å². The molecule has 0 spiro atoms. The van der Waals surface area contributed by atoms with Crippen LogP contribution in [0, 0.1) is 0 Å². The van der Waals surface area contributed by atoms with Gasteiger partial charge in [0.25, 0.3) is 0 Å². The van der Waals surface area contributed by atoms with Gasteiger partial charge in [-0.25, -0.2) is 0 Å². The summed E-state index contributed by atoms with van der Waals surface area (Å²) < 4.78 is 0. The van der Waals surface area contributed by atoms with E-state index in [2.05, 4.69) is 35.4 Å². The van der Waals surface area contributed by atoms with Crippen LogP contribution in [0.4, 0.5) is 0 Å². The Morgan fingerprint density at radius 3 is 1.43 bits per heavy atom. The molecule has 0 N–H and O–H groups in total. The van der Waals surface area contributed by atoms with Crippen LogP contribution in [0.3, 0.4) is 0 Å². The van der Waals surface area contributed by atoms with Gasteiger partial charge in [0.2, 0.25) is 0 Å². The first-order chi connectivity index (χ1) is 10.2. The number of hydrogen-bond acceptors (Lipinski definition) is 3. The van der Waals surface area contributed by atoms with Crippen molar-refractivity contribution in [3.63, 3.8) is 0 Å². The molecule has 0 aromatic heterocycles.